The minimum atomic E-state index is -0.0691. The molecule has 1 saturated carbocycles. The lowest BCUT2D eigenvalue weighted by molar-refractivity contribution is -0.139. The van der Waals surface area contributed by atoms with Crippen LogP contribution in [-0.4, -0.2) is 36.2 Å². The van der Waals surface area contributed by atoms with E-state index in [1.165, 1.54) is 32.1 Å². The third kappa shape index (κ3) is 6.17. The Bertz CT molecular complexity index is 261. The molecule has 0 spiro atoms. The molecule has 0 bridgehead atoms. The van der Waals surface area contributed by atoms with Crippen LogP contribution in [0.25, 0.3) is 0 Å². The van der Waals surface area contributed by atoms with E-state index in [0.717, 1.165) is 12.5 Å². The molecule has 0 heterocycles. The molecule has 1 aliphatic rings. The van der Waals surface area contributed by atoms with E-state index in [2.05, 4.69) is 19.2 Å². The van der Waals surface area contributed by atoms with Crippen molar-refractivity contribution in [3.8, 4) is 0 Å². The van der Waals surface area contributed by atoms with Crippen LogP contribution in [-0.2, 0) is 9.53 Å². The van der Waals surface area contributed by atoms with E-state index < -0.39 is 0 Å². The van der Waals surface area contributed by atoms with Gasteiger partial charge in [-0.15, -0.1) is 11.8 Å². The van der Waals surface area contributed by atoms with Crippen molar-refractivity contribution in [1.82, 2.24) is 5.32 Å². The number of carbonyl (C=O) groups excluding carboxylic acids is 1. The van der Waals surface area contributed by atoms with Crippen molar-refractivity contribution in [3.63, 3.8) is 0 Å². The highest BCUT2D eigenvalue weighted by Crippen LogP contribution is 2.34. The molecule has 0 aromatic heterocycles. The zero-order valence-electron chi connectivity index (χ0n) is 12.6. The average Bonchev–Trinajstić information content (AvgIpc) is 2.43. The quantitative estimate of drug-likeness (QED) is 0.696. The van der Waals surface area contributed by atoms with Crippen LogP contribution in [0.15, 0.2) is 0 Å². The number of carbonyl (C=O) groups is 1. The third-order valence-electron chi connectivity index (χ3n) is 3.85. The lowest BCUT2D eigenvalue weighted by Gasteiger charge is -2.36. The normalized spacial score (nSPS) is 27.2. The summed E-state index contributed by atoms with van der Waals surface area (Å²) in [5, 5.41) is 4.21. The van der Waals surface area contributed by atoms with Gasteiger partial charge in [-0.25, -0.2) is 0 Å². The number of thioether (sulfide) groups is 1. The van der Waals surface area contributed by atoms with Crippen molar-refractivity contribution in [3.05, 3.63) is 0 Å². The summed E-state index contributed by atoms with van der Waals surface area (Å²) in [7, 11) is 0. The van der Waals surface area contributed by atoms with E-state index >= 15 is 0 Å². The summed E-state index contributed by atoms with van der Waals surface area (Å²) in [5.41, 5.74) is 0. The van der Waals surface area contributed by atoms with Crippen LogP contribution >= 0.6 is 11.8 Å². The van der Waals surface area contributed by atoms with Crippen molar-refractivity contribution in [2.75, 3.05) is 18.9 Å². The van der Waals surface area contributed by atoms with Gasteiger partial charge in [-0.1, -0.05) is 20.3 Å². The summed E-state index contributed by atoms with van der Waals surface area (Å²) >= 11 is 1.79. The molecule has 1 rings (SSSR count). The van der Waals surface area contributed by atoms with Crippen molar-refractivity contribution < 1.29 is 9.53 Å². The van der Waals surface area contributed by atoms with E-state index in [1.807, 2.05) is 6.92 Å². The zero-order chi connectivity index (χ0) is 14.1. The Morgan fingerprint density at radius 3 is 2.74 bits per heavy atom. The summed E-state index contributed by atoms with van der Waals surface area (Å²) in [6, 6.07) is 0.571. The zero-order valence-corrected chi connectivity index (χ0v) is 13.4. The predicted octanol–water partition coefficient (Wildman–Crippen LogP) is 3.23. The molecule has 3 unspecified atom stereocenters. The molecule has 3 nitrogen and oxygen atoms in total. The lowest BCUT2D eigenvalue weighted by Crippen LogP contribution is -2.43. The molecule has 19 heavy (non-hydrogen) atoms. The maximum absolute atomic E-state index is 11.5. The van der Waals surface area contributed by atoms with E-state index in [1.54, 1.807) is 11.8 Å². The number of hydrogen-bond acceptors (Lipinski definition) is 4. The molecule has 0 aliphatic heterocycles. The highest BCUT2D eigenvalue weighted by molar-refractivity contribution is 8.00. The first kappa shape index (κ1) is 16.8. The molecule has 4 heteroatoms. The Kier molecular flexibility index (Phi) is 8.55. The Labute approximate surface area is 122 Å². The van der Waals surface area contributed by atoms with E-state index in [-0.39, 0.29) is 5.97 Å². The van der Waals surface area contributed by atoms with E-state index in [9.17, 15) is 4.79 Å². The van der Waals surface area contributed by atoms with Gasteiger partial charge in [-0.3, -0.25) is 4.79 Å². The maximum atomic E-state index is 11.5. The average molecular weight is 287 g/mol. The Morgan fingerprint density at radius 2 is 2.11 bits per heavy atom. The molecular formula is C15H29NO2S. The van der Waals surface area contributed by atoms with Crippen LogP contribution in [0.4, 0.5) is 0 Å². The molecule has 1 aliphatic carbocycles. The second-order valence-corrected chi connectivity index (χ2v) is 6.53. The van der Waals surface area contributed by atoms with Crippen molar-refractivity contribution >= 4 is 17.7 Å². The predicted molar refractivity (Wildman–Crippen MR) is 82.6 cm³/mol. The smallest absolute Gasteiger partial charge is 0.315 e. The SMILES string of the molecule is CCCNC1CCC(CC)CC1SCC(=O)OCC. The third-order valence-corrected chi connectivity index (χ3v) is 5.21. The summed E-state index contributed by atoms with van der Waals surface area (Å²) < 4.78 is 5.02. The molecule has 1 fully saturated rings. The van der Waals surface area contributed by atoms with Gasteiger partial charge in [0.05, 0.1) is 12.4 Å². The Balaban J connectivity index is 2.43. The number of nitrogens with one attached hydrogen (secondary N) is 1. The van der Waals surface area contributed by atoms with Gasteiger partial charge in [0.15, 0.2) is 0 Å². The van der Waals surface area contributed by atoms with Gasteiger partial charge in [-0.2, -0.15) is 0 Å². The first-order valence-electron chi connectivity index (χ1n) is 7.71. The van der Waals surface area contributed by atoms with Gasteiger partial charge in [0.25, 0.3) is 0 Å². The molecule has 0 aromatic carbocycles. The fourth-order valence-electron chi connectivity index (χ4n) is 2.71. The minimum Gasteiger partial charge on any atom is -0.465 e. The fourth-order valence-corrected chi connectivity index (χ4v) is 4.01. The largest absolute Gasteiger partial charge is 0.465 e. The standard InChI is InChI=1S/C15H29NO2S/c1-4-9-16-13-8-7-12(5-2)10-14(13)19-11-15(17)18-6-3/h12-14,16H,4-11H2,1-3H3. The van der Waals surface area contributed by atoms with Crippen LogP contribution in [0, 0.1) is 5.92 Å². The molecule has 0 radical (unpaired) electrons. The molecule has 0 aromatic rings. The Hall–Kier alpha value is -0.220. The summed E-state index contributed by atoms with van der Waals surface area (Å²) in [4.78, 5) is 11.5. The number of esters is 1. The summed E-state index contributed by atoms with van der Waals surface area (Å²) in [6.45, 7) is 7.90. The van der Waals surface area contributed by atoms with Crippen molar-refractivity contribution in [2.24, 2.45) is 5.92 Å². The van der Waals surface area contributed by atoms with Gasteiger partial charge < -0.3 is 10.1 Å². The second kappa shape index (κ2) is 9.65. The van der Waals surface area contributed by atoms with Gasteiger partial charge in [0.1, 0.15) is 0 Å². The molecule has 3 atom stereocenters. The number of rotatable bonds is 8. The van der Waals surface area contributed by atoms with Crippen LogP contribution in [0.3, 0.4) is 0 Å². The van der Waals surface area contributed by atoms with Gasteiger partial charge in [-0.05, 0) is 45.1 Å². The lowest BCUT2D eigenvalue weighted by atomic mass is 9.84. The first-order chi connectivity index (χ1) is 9.21. The highest BCUT2D eigenvalue weighted by Gasteiger charge is 2.30. The van der Waals surface area contributed by atoms with E-state index in [4.69, 9.17) is 4.74 Å². The molecule has 0 saturated heterocycles. The number of hydrogen-bond donors (Lipinski definition) is 1. The molecule has 112 valence electrons. The molecular weight excluding hydrogens is 258 g/mol. The topological polar surface area (TPSA) is 38.3 Å². The highest BCUT2D eigenvalue weighted by atomic mass is 32.2. The van der Waals surface area contributed by atoms with Crippen molar-refractivity contribution in [1.29, 1.82) is 0 Å². The van der Waals surface area contributed by atoms with Gasteiger partial charge in [0.2, 0.25) is 0 Å². The van der Waals surface area contributed by atoms with Crippen LogP contribution < -0.4 is 5.32 Å². The van der Waals surface area contributed by atoms with Gasteiger partial charge in [0, 0.05) is 11.3 Å². The maximum Gasteiger partial charge on any atom is 0.315 e. The van der Waals surface area contributed by atoms with Crippen LogP contribution in [0.2, 0.25) is 0 Å². The van der Waals surface area contributed by atoms with Crippen LogP contribution in [0.1, 0.15) is 52.9 Å². The molecule has 1 N–H and O–H groups in total. The van der Waals surface area contributed by atoms with Crippen LogP contribution in [0.5, 0.6) is 0 Å². The van der Waals surface area contributed by atoms with E-state index in [0.29, 0.717) is 23.7 Å². The van der Waals surface area contributed by atoms with Gasteiger partial charge >= 0.3 is 5.97 Å². The monoisotopic (exact) mass is 287 g/mol. The fraction of sp³-hybridized carbons (Fsp3) is 0.933. The minimum absolute atomic E-state index is 0.0691. The van der Waals surface area contributed by atoms with Crippen molar-refractivity contribution in [2.45, 2.75) is 64.2 Å². The molecule has 0 amide bonds. The first-order valence-corrected chi connectivity index (χ1v) is 8.76. The second-order valence-electron chi connectivity index (χ2n) is 5.30. The Morgan fingerprint density at radius 1 is 1.32 bits per heavy atom. The summed E-state index contributed by atoms with van der Waals surface area (Å²) in [5.74, 6) is 1.26. The number of ether oxygens (including phenoxy) is 1. The summed E-state index contributed by atoms with van der Waals surface area (Å²) in [6.07, 6.45) is 6.25.